The third-order valence-corrected chi connectivity index (χ3v) is 5.66. The minimum absolute atomic E-state index is 0.143. The van der Waals surface area contributed by atoms with Crippen LogP contribution in [0.1, 0.15) is 12.8 Å². The Kier molecular flexibility index (Phi) is 4.15. The van der Waals surface area contributed by atoms with E-state index < -0.39 is 5.60 Å². The molecule has 1 fully saturated rings. The zero-order chi connectivity index (χ0) is 17.4. The maximum absolute atomic E-state index is 13.1. The quantitative estimate of drug-likeness (QED) is 0.754. The summed E-state index contributed by atoms with van der Waals surface area (Å²) in [4.78, 5) is 17.2. The van der Waals surface area contributed by atoms with Crippen LogP contribution in [0.2, 0.25) is 0 Å². The Bertz CT molecular complexity index is 959. The van der Waals surface area contributed by atoms with Gasteiger partial charge in [-0.15, -0.1) is 11.3 Å². The summed E-state index contributed by atoms with van der Waals surface area (Å²) in [5.41, 5.74) is 1.26. The molecule has 3 heterocycles. The second-order valence-electron chi connectivity index (χ2n) is 6.49. The van der Waals surface area contributed by atoms with Crippen LogP contribution in [0.4, 0.5) is 4.39 Å². The molecule has 5 nitrogen and oxygen atoms in total. The number of nitrogens with one attached hydrogen (secondary N) is 1. The summed E-state index contributed by atoms with van der Waals surface area (Å²) in [7, 11) is 0. The van der Waals surface area contributed by atoms with Crippen LogP contribution in [-0.2, 0) is 6.54 Å². The third-order valence-electron chi connectivity index (χ3n) is 4.70. The number of hydrogen-bond donors (Lipinski definition) is 2. The van der Waals surface area contributed by atoms with Gasteiger partial charge in [0.2, 0.25) is 0 Å². The first-order valence-electron chi connectivity index (χ1n) is 8.21. The fourth-order valence-corrected chi connectivity index (χ4v) is 4.23. The van der Waals surface area contributed by atoms with Crippen LogP contribution in [0.3, 0.4) is 0 Å². The number of benzene rings is 1. The Morgan fingerprint density at radius 1 is 1.28 bits per heavy atom. The van der Waals surface area contributed by atoms with Crippen LogP contribution in [0.25, 0.3) is 21.3 Å². The first-order chi connectivity index (χ1) is 12.1. The Hall–Kier alpha value is -2.09. The van der Waals surface area contributed by atoms with Crippen molar-refractivity contribution in [3.05, 3.63) is 52.1 Å². The number of fused-ring (bicyclic) bond motifs is 1. The van der Waals surface area contributed by atoms with Gasteiger partial charge in [-0.2, -0.15) is 0 Å². The molecule has 3 aromatic rings. The Morgan fingerprint density at radius 3 is 2.72 bits per heavy atom. The van der Waals surface area contributed by atoms with E-state index >= 15 is 0 Å². The number of rotatable bonds is 3. The molecule has 0 amide bonds. The molecule has 25 heavy (non-hydrogen) atoms. The average Bonchev–Trinajstić information content (AvgIpc) is 3.03. The molecule has 0 saturated carbocycles. The number of hydrogen-bond acceptors (Lipinski definition) is 5. The highest BCUT2D eigenvalue weighted by atomic mass is 32.1. The fraction of sp³-hybridized carbons (Fsp3) is 0.333. The summed E-state index contributed by atoms with van der Waals surface area (Å²) in [6.45, 7) is 1.74. The fourth-order valence-electron chi connectivity index (χ4n) is 3.26. The van der Waals surface area contributed by atoms with Crippen LogP contribution in [0.15, 0.2) is 40.8 Å². The highest BCUT2D eigenvalue weighted by Gasteiger charge is 2.30. The lowest BCUT2D eigenvalue weighted by Crippen LogP contribution is -2.46. The van der Waals surface area contributed by atoms with Crippen molar-refractivity contribution >= 4 is 21.6 Å². The molecular weight excluding hydrogens is 341 g/mol. The van der Waals surface area contributed by atoms with E-state index in [-0.39, 0.29) is 17.9 Å². The topological polar surface area (TPSA) is 67.2 Å². The standard InChI is InChI=1S/C18H18FN3O2S/c19-13-3-1-12(2-4-13)14-9-25-16-15(14)21-11-22(17(16)23)10-18(24)5-7-20-8-6-18/h1-4,9,11,20,24H,5-8,10H2. The highest BCUT2D eigenvalue weighted by Crippen LogP contribution is 2.31. The summed E-state index contributed by atoms with van der Waals surface area (Å²) in [6.07, 6.45) is 2.73. The smallest absolute Gasteiger partial charge is 0.271 e. The van der Waals surface area contributed by atoms with Gasteiger partial charge in [-0.1, -0.05) is 12.1 Å². The first kappa shape index (κ1) is 16.4. The van der Waals surface area contributed by atoms with Crippen LogP contribution in [-0.4, -0.2) is 33.3 Å². The number of aromatic nitrogens is 2. The van der Waals surface area contributed by atoms with Gasteiger partial charge in [0.1, 0.15) is 10.5 Å². The minimum Gasteiger partial charge on any atom is -0.388 e. The van der Waals surface area contributed by atoms with Crippen molar-refractivity contribution in [3.8, 4) is 11.1 Å². The maximum atomic E-state index is 13.1. The predicted octanol–water partition coefficient (Wildman–Crippen LogP) is 2.38. The molecule has 0 bridgehead atoms. The molecule has 0 spiro atoms. The molecule has 0 unspecified atom stereocenters. The monoisotopic (exact) mass is 359 g/mol. The molecule has 0 aliphatic carbocycles. The lowest BCUT2D eigenvalue weighted by molar-refractivity contribution is -0.00626. The highest BCUT2D eigenvalue weighted by molar-refractivity contribution is 7.17. The molecule has 0 radical (unpaired) electrons. The van der Waals surface area contributed by atoms with E-state index in [1.54, 1.807) is 12.1 Å². The number of nitrogens with zero attached hydrogens (tertiary/aromatic N) is 2. The minimum atomic E-state index is -0.874. The van der Waals surface area contributed by atoms with Crippen molar-refractivity contribution in [3.63, 3.8) is 0 Å². The van der Waals surface area contributed by atoms with Crippen molar-refractivity contribution < 1.29 is 9.50 Å². The van der Waals surface area contributed by atoms with E-state index in [9.17, 15) is 14.3 Å². The third kappa shape index (κ3) is 3.10. The lowest BCUT2D eigenvalue weighted by atomic mass is 9.92. The lowest BCUT2D eigenvalue weighted by Gasteiger charge is -2.32. The van der Waals surface area contributed by atoms with Gasteiger partial charge in [-0.05, 0) is 43.6 Å². The molecular formula is C18H18FN3O2S. The summed E-state index contributed by atoms with van der Waals surface area (Å²) in [5.74, 6) is -0.297. The molecule has 2 N–H and O–H groups in total. The van der Waals surface area contributed by atoms with Gasteiger partial charge in [-0.25, -0.2) is 9.37 Å². The second kappa shape index (κ2) is 6.33. The molecule has 1 aliphatic heterocycles. The van der Waals surface area contributed by atoms with Crippen molar-refractivity contribution in [2.24, 2.45) is 0 Å². The average molecular weight is 359 g/mol. The van der Waals surface area contributed by atoms with Crippen LogP contribution < -0.4 is 10.9 Å². The maximum Gasteiger partial charge on any atom is 0.271 e. The zero-order valence-corrected chi connectivity index (χ0v) is 14.4. The van der Waals surface area contributed by atoms with Crippen molar-refractivity contribution in [1.82, 2.24) is 14.9 Å². The summed E-state index contributed by atoms with van der Waals surface area (Å²) in [5, 5.41) is 15.7. The largest absolute Gasteiger partial charge is 0.388 e. The second-order valence-corrected chi connectivity index (χ2v) is 7.37. The number of halogens is 1. The van der Waals surface area contributed by atoms with Gasteiger partial charge < -0.3 is 10.4 Å². The van der Waals surface area contributed by atoms with E-state index in [4.69, 9.17) is 0 Å². The van der Waals surface area contributed by atoms with Crippen molar-refractivity contribution in [1.29, 1.82) is 0 Å². The molecule has 2 aromatic heterocycles. The number of thiophene rings is 1. The predicted molar refractivity (Wildman–Crippen MR) is 96.3 cm³/mol. The summed E-state index contributed by atoms with van der Waals surface area (Å²) in [6, 6.07) is 6.16. The van der Waals surface area contributed by atoms with Gasteiger partial charge in [0.15, 0.2) is 0 Å². The SMILES string of the molecule is O=c1c2scc(-c3ccc(F)cc3)c2ncn1CC1(O)CCNCC1. The van der Waals surface area contributed by atoms with Gasteiger partial charge in [0, 0.05) is 10.9 Å². The van der Waals surface area contributed by atoms with Crippen LogP contribution in [0.5, 0.6) is 0 Å². The molecule has 130 valence electrons. The first-order valence-corrected chi connectivity index (χ1v) is 9.09. The van der Waals surface area contributed by atoms with E-state index in [1.165, 1.54) is 34.4 Å². The molecule has 1 saturated heterocycles. The Labute approximate surface area is 147 Å². The van der Waals surface area contributed by atoms with Gasteiger partial charge >= 0.3 is 0 Å². The van der Waals surface area contributed by atoms with E-state index in [1.807, 2.05) is 5.38 Å². The number of piperidine rings is 1. The van der Waals surface area contributed by atoms with Gasteiger partial charge in [0.25, 0.3) is 5.56 Å². The molecule has 4 rings (SSSR count). The Balaban J connectivity index is 1.72. The van der Waals surface area contributed by atoms with Crippen LogP contribution >= 0.6 is 11.3 Å². The number of aliphatic hydroxyl groups is 1. The molecule has 0 atom stereocenters. The van der Waals surface area contributed by atoms with Gasteiger partial charge in [0.05, 0.1) is 24.0 Å². The van der Waals surface area contributed by atoms with Gasteiger partial charge in [-0.3, -0.25) is 9.36 Å². The normalized spacial score (nSPS) is 17.0. The summed E-state index contributed by atoms with van der Waals surface area (Å²) < 4.78 is 15.2. The summed E-state index contributed by atoms with van der Waals surface area (Å²) >= 11 is 1.33. The van der Waals surface area contributed by atoms with Crippen molar-refractivity contribution in [2.45, 2.75) is 25.0 Å². The van der Waals surface area contributed by atoms with E-state index in [2.05, 4.69) is 10.3 Å². The Morgan fingerprint density at radius 2 is 2.00 bits per heavy atom. The molecule has 7 heteroatoms. The van der Waals surface area contributed by atoms with E-state index in [0.29, 0.717) is 23.1 Å². The van der Waals surface area contributed by atoms with Crippen LogP contribution in [0, 0.1) is 5.82 Å². The van der Waals surface area contributed by atoms with Crippen molar-refractivity contribution in [2.75, 3.05) is 13.1 Å². The zero-order valence-electron chi connectivity index (χ0n) is 13.5. The molecule has 1 aliphatic rings. The molecule has 1 aromatic carbocycles. The van der Waals surface area contributed by atoms with E-state index in [0.717, 1.165) is 24.2 Å².